The maximum absolute atomic E-state index is 14.1. The molecule has 2 aliphatic rings. The highest BCUT2D eigenvalue weighted by molar-refractivity contribution is 5.27. The Morgan fingerprint density at radius 3 is 2.59 bits per heavy atom. The van der Waals surface area contributed by atoms with Crippen LogP contribution in [0, 0.1) is 23.6 Å². The first-order chi connectivity index (χ1) is 10.7. The Hall–Kier alpha value is -1.11. The predicted octanol–water partition coefficient (Wildman–Crippen LogP) is 6.26. The molecule has 0 spiro atoms. The van der Waals surface area contributed by atoms with E-state index in [1.165, 1.54) is 44.1 Å². The van der Waals surface area contributed by atoms with E-state index in [0.717, 1.165) is 29.7 Å². The first-order valence-corrected chi connectivity index (χ1v) is 9.12. The van der Waals surface area contributed by atoms with Crippen molar-refractivity contribution in [2.75, 3.05) is 0 Å². The van der Waals surface area contributed by atoms with E-state index in [1.54, 1.807) is 0 Å². The van der Waals surface area contributed by atoms with Gasteiger partial charge in [-0.05, 0) is 92.7 Å². The zero-order valence-electron chi connectivity index (χ0n) is 14.0. The Morgan fingerprint density at radius 2 is 1.86 bits per heavy atom. The SMILES string of the molecule is CC=C[C@@H]1CC[C@@H]2CC(c3ccc(CC)c(F)c3)CC[C@@H]2C1. The predicted molar refractivity (Wildman–Crippen MR) is 91.5 cm³/mol. The molecule has 3 rings (SSSR count). The van der Waals surface area contributed by atoms with Gasteiger partial charge in [0.15, 0.2) is 0 Å². The fraction of sp³-hybridized carbons (Fsp3) is 0.619. The van der Waals surface area contributed by atoms with Gasteiger partial charge in [0.1, 0.15) is 5.82 Å². The quantitative estimate of drug-likeness (QED) is 0.577. The highest BCUT2D eigenvalue weighted by Gasteiger charge is 2.35. The van der Waals surface area contributed by atoms with Crippen molar-refractivity contribution in [3.05, 3.63) is 47.3 Å². The maximum Gasteiger partial charge on any atom is 0.126 e. The molecule has 0 bridgehead atoms. The lowest BCUT2D eigenvalue weighted by molar-refractivity contribution is 0.133. The molecular formula is C21H29F. The molecule has 1 unspecified atom stereocenters. The molecule has 0 nitrogen and oxygen atoms in total. The molecule has 2 saturated carbocycles. The Morgan fingerprint density at radius 1 is 1.09 bits per heavy atom. The van der Waals surface area contributed by atoms with E-state index in [4.69, 9.17) is 0 Å². The number of halogens is 1. The minimum Gasteiger partial charge on any atom is -0.207 e. The van der Waals surface area contributed by atoms with E-state index in [2.05, 4.69) is 25.1 Å². The molecule has 1 aromatic rings. The molecule has 1 heteroatoms. The second-order valence-electron chi connectivity index (χ2n) is 7.33. The van der Waals surface area contributed by atoms with Gasteiger partial charge in [-0.1, -0.05) is 31.2 Å². The van der Waals surface area contributed by atoms with E-state index < -0.39 is 0 Å². The van der Waals surface area contributed by atoms with E-state index in [1.807, 2.05) is 19.1 Å². The Balaban J connectivity index is 1.66. The van der Waals surface area contributed by atoms with Crippen molar-refractivity contribution in [2.24, 2.45) is 17.8 Å². The van der Waals surface area contributed by atoms with Crippen LogP contribution in [-0.2, 0) is 6.42 Å². The molecule has 0 heterocycles. The lowest BCUT2D eigenvalue weighted by Crippen LogP contribution is -2.30. The Kier molecular flexibility index (Phi) is 5.00. The summed E-state index contributed by atoms with van der Waals surface area (Å²) in [6.45, 7) is 4.16. The third kappa shape index (κ3) is 3.29. The summed E-state index contributed by atoms with van der Waals surface area (Å²) in [6, 6.07) is 5.99. The van der Waals surface area contributed by atoms with Crippen LogP contribution in [-0.4, -0.2) is 0 Å². The van der Waals surface area contributed by atoms with Gasteiger partial charge >= 0.3 is 0 Å². The molecule has 2 fully saturated rings. The summed E-state index contributed by atoms with van der Waals surface area (Å²) in [6.07, 6.45) is 13.4. The van der Waals surface area contributed by atoms with Gasteiger partial charge in [-0.25, -0.2) is 4.39 Å². The van der Waals surface area contributed by atoms with Crippen LogP contribution in [0.4, 0.5) is 4.39 Å². The van der Waals surface area contributed by atoms with E-state index in [0.29, 0.717) is 5.92 Å². The van der Waals surface area contributed by atoms with Crippen LogP contribution >= 0.6 is 0 Å². The van der Waals surface area contributed by atoms with Crippen LogP contribution in [0.5, 0.6) is 0 Å². The normalized spacial score (nSPS) is 32.1. The number of hydrogen-bond donors (Lipinski definition) is 0. The zero-order chi connectivity index (χ0) is 15.5. The van der Waals surface area contributed by atoms with E-state index >= 15 is 0 Å². The molecule has 0 radical (unpaired) electrons. The first kappa shape index (κ1) is 15.8. The van der Waals surface area contributed by atoms with Crippen LogP contribution in [0.15, 0.2) is 30.4 Å². The number of rotatable bonds is 3. The molecular weight excluding hydrogens is 271 g/mol. The number of benzene rings is 1. The van der Waals surface area contributed by atoms with Gasteiger partial charge in [0.05, 0.1) is 0 Å². The maximum atomic E-state index is 14.1. The second-order valence-corrected chi connectivity index (χ2v) is 7.33. The summed E-state index contributed by atoms with van der Waals surface area (Å²) in [5.41, 5.74) is 2.09. The van der Waals surface area contributed by atoms with Crippen molar-refractivity contribution < 1.29 is 4.39 Å². The summed E-state index contributed by atoms with van der Waals surface area (Å²) < 4.78 is 14.1. The summed E-state index contributed by atoms with van der Waals surface area (Å²) in [4.78, 5) is 0. The Labute approximate surface area is 134 Å². The minimum absolute atomic E-state index is 0.00100. The largest absolute Gasteiger partial charge is 0.207 e. The average Bonchev–Trinajstić information content (AvgIpc) is 2.54. The summed E-state index contributed by atoms with van der Waals surface area (Å²) in [5, 5.41) is 0. The monoisotopic (exact) mass is 300 g/mol. The number of aryl methyl sites for hydroxylation is 1. The summed E-state index contributed by atoms with van der Waals surface area (Å²) >= 11 is 0. The van der Waals surface area contributed by atoms with Gasteiger partial charge < -0.3 is 0 Å². The molecule has 4 atom stereocenters. The third-order valence-corrected chi connectivity index (χ3v) is 6.05. The van der Waals surface area contributed by atoms with E-state index in [-0.39, 0.29) is 5.82 Å². The molecule has 22 heavy (non-hydrogen) atoms. The first-order valence-electron chi connectivity index (χ1n) is 9.12. The van der Waals surface area contributed by atoms with Crippen molar-refractivity contribution in [2.45, 2.75) is 64.7 Å². The minimum atomic E-state index is -0.00100. The summed E-state index contributed by atoms with van der Waals surface area (Å²) in [5.74, 6) is 3.17. The second kappa shape index (κ2) is 6.98. The molecule has 120 valence electrons. The van der Waals surface area contributed by atoms with Crippen LogP contribution in [0.25, 0.3) is 0 Å². The average molecular weight is 300 g/mol. The highest BCUT2D eigenvalue weighted by Crippen LogP contribution is 2.47. The molecule has 2 aliphatic carbocycles. The van der Waals surface area contributed by atoms with Gasteiger partial charge in [0.25, 0.3) is 0 Å². The van der Waals surface area contributed by atoms with Crippen LogP contribution in [0.1, 0.15) is 69.4 Å². The lowest BCUT2D eigenvalue weighted by atomic mass is 9.64. The number of fused-ring (bicyclic) bond motifs is 1. The fourth-order valence-electron chi connectivity index (χ4n) is 4.78. The molecule has 1 aromatic carbocycles. The van der Waals surface area contributed by atoms with Crippen molar-refractivity contribution in [3.8, 4) is 0 Å². The van der Waals surface area contributed by atoms with Crippen molar-refractivity contribution in [1.82, 2.24) is 0 Å². The van der Waals surface area contributed by atoms with Crippen LogP contribution in [0.2, 0.25) is 0 Å². The van der Waals surface area contributed by atoms with Crippen molar-refractivity contribution in [3.63, 3.8) is 0 Å². The molecule has 0 N–H and O–H groups in total. The molecule has 0 saturated heterocycles. The fourth-order valence-corrected chi connectivity index (χ4v) is 4.78. The molecule has 0 aliphatic heterocycles. The van der Waals surface area contributed by atoms with Crippen molar-refractivity contribution in [1.29, 1.82) is 0 Å². The van der Waals surface area contributed by atoms with Crippen LogP contribution < -0.4 is 0 Å². The lowest BCUT2D eigenvalue weighted by Gasteiger charge is -2.41. The van der Waals surface area contributed by atoms with Gasteiger partial charge in [0.2, 0.25) is 0 Å². The topological polar surface area (TPSA) is 0 Å². The zero-order valence-corrected chi connectivity index (χ0v) is 14.0. The molecule has 0 aromatic heterocycles. The van der Waals surface area contributed by atoms with Crippen molar-refractivity contribution >= 4 is 0 Å². The smallest absolute Gasteiger partial charge is 0.126 e. The van der Waals surface area contributed by atoms with Gasteiger partial charge in [0, 0.05) is 0 Å². The van der Waals surface area contributed by atoms with Gasteiger partial charge in [-0.2, -0.15) is 0 Å². The van der Waals surface area contributed by atoms with Gasteiger partial charge in [-0.15, -0.1) is 0 Å². The van der Waals surface area contributed by atoms with E-state index in [9.17, 15) is 4.39 Å². The summed E-state index contributed by atoms with van der Waals surface area (Å²) in [7, 11) is 0. The Bertz CT molecular complexity index is 531. The number of allylic oxidation sites excluding steroid dienone is 2. The molecule has 0 amide bonds. The standard InChI is InChI=1S/C21H29F/c1-3-5-15-6-7-18-13-19(11-10-17(18)12-15)20-9-8-16(4-2)21(22)14-20/h3,5,8-9,14-15,17-19H,4,6-7,10-13H2,1-2H3/t15-,17-,18-,19?/m1/s1. The van der Waals surface area contributed by atoms with Gasteiger partial charge in [-0.3, -0.25) is 0 Å². The highest BCUT2D eigenvalue weighted by atomic mass is 19.1. The number of hydrogen-bond acceptors (Lipinski definition) is 0. The van der Waals surface area contributed by atoms with Crippen LogP contribution in [0.3, 0.4) is 0 Å². The third-order valence-electron chi connectivity index (χ3n) is 6.05.